The highest BCUT2D eigenvalue weighted by Gasteiger charge is 2.51. The molecule has 1 aliphatic heterocycles. The van der Waals surface area contributed by atoms with Gasteiger partial charge in [-0.2, -0.15) is 0 Å². The fourth-order valence-electron chi connectivity index (χ4n) is 4.53. The lowest BCUT2D eigenvalue weighted by atomic mass is 9.66. The Morgan fingerprint density at radius 1 is 1.17 bits per heavy atom. The third kappa shape index (κ3) is 3.15. The molecule has 0 radical (unpaired) electrons. The monoisotopic (exact) mass is 331 g/mol. The van der Waals surface area contributed by atoms with Crippen LogP contribution in [-0.2, 0) is 20.8 Å². The van der Waals surface area contributed by atoms with E-state index in [0.717, 1.165) is 37.7 Å². The van der Waals surface area contributed by atoms with Gasteiger partial charge in [-0.15, -0.1) is 0 Å². The van der Waals surface area contributed by atoms with Gasteiger partial charge in [-0.1, -0.05) is 30.3 Å². The van der Waals surface area contributed by atoms with Crippen molar-refractivity contribution in [2.24, 2.45) is 11.8 Å². The third-order valence-corrected chi connectivity index (χ3v) is 5.76. The van der Waals surface area contributed by atoms with E-state index in [-0.39, 0.29) is 17.9 Å². The van der Waals surface area contributed by atoms with E-state index in [9.17, 15) is 4.79 Å². The zero-order valence-corrected chi connectivity index (χ0v) is 13.9. The highest BCUT2D eigenvalue weighted by molar-refractivity contribution is 5.67. The zero-order chi connectivity index (χ0) is 16.4. The number of hydrogen-bond acceptors (Lipinski definition) is 4. The minimum absolute atomic E-state index is 0.211. The van der Waals surface area contributed by atoms with E-state index in [1.165, 1.54) is 0 Å². The molecule has 1 amide bonds. The van der Waals surface area contributed by atoms with E-state index in [4.69, 9.17) is 14.2 Å². The Labute approximate surface area is 142 Å². The van der Waals surface area contributed by atoms with Gasteiger partial charge in [-0.05, 0) is 37.2 Å². The standard InChI is InChI=1S/C19H25NO4/c21-18(22-13-14-4-2-1-3-5-14)20-17-7-6-16-12-15(17)8-9-19(16)23-10-11-24-19/h1-5,15-17H,6-13H2,(H,20,21)/t15-,16-,17?/m1/s1. The first-order chi connectivity index (χ1) is 11.8. The number of carbonyl (C=O) groups is 1. The fraction of sp³-hybridized carbons (Fsp3) is 0.632. The topological polar surface area (TPSA) is 56.8 Å². The molecule has 1 spiro atoms. The summed E-state index contributed by atoms with van der Waals surface area (Å²) in [4.78, 5) is 12.1. The second-order valence-corrected chi connectivity index (χ2v) is 7.13. The molecule has 3 aliphatic rings. The average molecular weight is 331 g/mol. The largest absolute Gasteiger partial charge is 0.445 e. The second-order valence-electron chi connectivity index (χ2n) is 7.13. The molecule has 0 aromatic heterocycles. The lowest BCUT2D eigenvalue weighted by Gasteiger charge is -2.48. The maximum atomic E-state index is 12.1. The van der Waals surface area contributed by atoms with Crippen LogP contribution in [0.2, 0.25) is 0 Å². The van der Waals surface area contributed by atoms with Crippen LogP contribution in [0.3, 0.4) is 0 Å². The summed E-state index contributed by atoms with van der Waals surface area (Å²) in [7, 11) is 0. The highest BCUT2D eigenvalue weighted by atomic mass is 16.7. The molecule has 2 saturated carbocycles. The SMILES string of the molecule is O=C(NC1CC[C@@H]2C[C@H]1CCC21OCCO1)OCc1ccccc1. The van der Waals surface area contributed by atoms with Crippen molar-refractivity contribution in [2.75, 3.05) is 13.2 Å². The van der Waals surface area contributed by atoms with E-state index >= 15 is 0 Å². The van der Waals surface area contributed by atoms with Gasteiger partial charge >= 0.3 is 6.09 Å². The highest BCUT2D eigenvalue weighted by Crippen LogP contribution is 2.49. The van der Waals surface area contributed by atoms with Crippen LogP contribution in [0, 0.1) is 11.8 Å². The molecule has 1 N–H and O–H groups in total. The molecule has 24 heavy (non-hydrogen) atoms. The Hall–Kier alpha value is -1.59. The van der Waals surface area contributed by atoms with Gasteiger partial charge in [-0.25, -0.2) is 4.79 Å². The quantitative estimate of drug-likeness (QED) is 0.924. The molecule has 1 aromatic carbocycles. The first kappa shape index (κ1) is 15.9. The molecule has 5 nitrogen and oxygen atoms in total. The van der Waals surface area contributed by atoms with Crippen LogP contribution in [0.25, 0.3) is 0 Å². The van der Waals surface area contributed by atoms with Crippen molar-refractivity contribution >= 4 is 6.09 Å². The van der Waals surface area contributed by atoms with Crippen molar-refractivity contribution in [2.45, 2.75) is 50.5 Å². The smallest absolute Gasteiger partial charge is 0.407 e. The van der Waals surface area contributed by atoms with Crippen LogP contribution < -0.4 is 5.32 Å². The number of alkyl carbamates (subject to hydrolysis) is 1. The summed E-state index contributed by atoms with van der Waals surface area (Å²) in [5, 5.41) is 3.08. The molecule has 3 fully saturated rings. The van der Waals surface area contributed by atoms with Crippen LogP contribution in [0.1, 0.15) is 37.7 Å². The summed E-state index contributed by atoms with van der Waals surface area (Å²) in [6.45, 7) is 1.75. The Morgan fingerprint density at radius 3 is 2.75 bits per heavy atom. The number of benzene rings is 1. The molecule has 1 heterocycles. The molecule has 1 unspecified atom stereocenters. The summed E-state index contributed by atoms with van der Waals surface area (Å²) < 4.78 is 17.2. The van der Waals surface area contributed by atoms with Gasteiger partial charge in [0.25, 0.3) is 0 Å². The van der Waals surface area contributed by atoms with E-state index in [1.807, 2.05) is 30.3 Å². The normalized spacial score (nSPS) is 30.9. The number of rotatable bonds is 3. The Bertz CT molecular complexity index is 570. The number of hydrogen-bond donors (Lipinski definition) is 1. The number of carbonyl (C=O) groups excluding carboxylic acids is 1. The number of nitrogens with one attached hydrogen (secondary N) is 1. The van der Waals surface area contributed by atoms with Gasteiger partial charge in [0.1, 0.15) is 6.61 Å². The van der Waals surface area contributed by atoms with Crippen molar-refractivity contribution in [3.8, 4) is 0 Å². The van der Waals surface area contributed by atoms with Gasteiger partial charge in [0.05, 0.1) is 13.2 Å². The summed E-state index contributed by atoms with van der Waals surface area (Å²) >= 11 is 0. The maximum Gasteiger partial charge on any atom is 0.407 e. The van der Waals surface area contributed by atoms with Gasteiger partial charge in [0, 0.05) is 18.4 Å². The first-order valence-corrected chi connectivity index (χ1v) is 9.00. The minimum Gasteiger partial charge on any atom is -0.445 e. The molecule has 3 atom stereocenters. The molecule has 5 heteroatoms. The van der Waals surface area contributed by atoms with Gasteiger partial charge in [0.2, 0.25) is 0 Å². The molecular formula is C19H25NO4. The molecule has 4 rings (SSSR count). The van der Waals surface area contributed by atoms with E-state index in [0.29, 0.717) is 31.7 Å². The average Bonchev–Trinajstić information content (AvgIpc) is 3.09. The van der Waals surface area contributed by atoms with E-state index in [2.05, 4.69) is 5.32 Å². The zero-order valence-electron chi connectivity index (χ0n) is 13.9. The van der Waals surface area contributed by atoms with Crippen molar-refractivity contribution < 1.29 is 19.0 Å². The Kier molecular flexibility index (Phi) is 4.46. The molecule has 1 saturated heterocycles. The number of fused-ring (bicyclic) bond motifs is 3. The molecule has 130 valence electrons. The summed E-state index contributed by atoms with van der Waals surface area (Å²) in [5.41, 5.74) is 1.01. The van der Waals surface area contributed by atoms with Gasteiger partial charge in [-0.3, -0.25) is 0 Å². The Balaban J connectivity index is 1.28. The molecule has 2 aliphatic carbocycles. The van der Waals surface area contributed by atoms with Crippen molar-refractivity contribution in [3.05, 3.63) is 35.9 Å². The number of ether oxygens (including phenoxy) is 3. The predicted molar refractivity (Wildman–Crippen MR) is 88.3 cm³/mol. The number of amides is 1. The summed E-state index contributed by atoms with van der Waals surface area (Å²) in [5.74, 6) is 0.651. The van der Waals surface area contributed by atoms with Crippen LogP contribution >= 0.6 is 0 Å². The lowest BCUT2D eigenvalue weighted by Crippen LogP contribution is -2.53. The van der Waals surface area contributed by atoms with Gasteiger partial charge < -0.3 is 19.5 Å². The maximum absolute atomic E-state index is 12.1. The second kappa shape index (κ2) is 6.73. The fourth-order valence-corrected chi connectivity index (χ4v) is 4.53. The summed E-state index contributed by atoms with van der Waals surface area (Å²) in [6, 6.07) is 9.98. The molecule has 2 bridgehead atoms. The van der Waals surface area contributed by atoms with Crippen molar-refractivity contribution in [1.82, 2.24) is 5.32 Å². The lowest BCUT2D eigenvalue weighted by molar-refractivity contribution is -0.228. The van der Waals surface area contributed by atoms with Crippen LogP contribution in [0.4, 0.5) is 4.79 Å². The Morgan fingerprint density at radius 2 is 1.96 bits per heavy atom. The van der Waals surface area contributed by atoms with Gasteiger partial charge in [0.15, 0.2) is 5.79 Å². The van der Waals surface area contributed by atoms with Crippen LogP contribution in [-0.4, -0.2) is 31.1 Å². The van der Waals surface area contributed by atoms with Crippen LogP contribution in [0.15, 0.2) is 30.3 Å². The minimum atomic E-state index is -0.324. The molecular weight excluding hydrogens is 306 g/mol. The summed E-state index contributed by atoms with van der Waals surface area (Å²) in [6.07, 6.45) is 4.77. The van der Waals surface area contributed by atoms with E-state index in [1.54, 1.807) is 0 Å². The molecule has 1 aromatic rings. The first-order valence-electron chi connectivity index (χ1n) is 9.00. The van der Waals surface area contributed by atoms with E-state index < -0.39 is 0 Å². The van der Waals surface area contributed by atoms with Crippen molar-refractivity contribution in [3.63, 3.8) is 0 Å². The third-order valence-electron chi connectivity index (χ3n) is 5.76. The van der Waals surface area contributed by atoms with Crippen LogP contribution in [0.5, 0.6) is 0 Å². The van der Waals surface area contributed by atoms with Crippen molar-refractivity contribution in [1.29, 1.82) is 0 Å². The predicted octanol–water partition coefficient (Wildman–Crippen LogP) is 3.23.